The van der Waals surface area contributed by atoms with Crippen LogP contribution in [0.1, 0.15) is 6.92 Å². The number of halogens is 1. The van der Waals surface area contributed by atoms with E-state index in [0.717, 1.165) is 0 Å². The van der Waals surface area contributed by atoms with Gasteiger partial charge < -0.3 is 14.2 Å². The van der Waals surface area contributed by atoms with Gasteiger partial charge in [-0.3, -0.25) is 10.1 Å². The van der Waals surface area contributed by atoms with E-state index >= 15 is 0 Å². The van der Waals surface area contributed by atoms with Gasteiger partial charge in [0.15, 0.2) is 13.2 Å². The molecular weight excluding hydrogens is 302 g/mol. The predicted molar refractivity (Wildman–Crippen MR) is 73.1 cm³/mol. The van der Waals surface area contributed by atoms with E-state index < -0.39 is 31.2 Å². The van der Waals surface area contributed by atoms with Crippen molar-refractivity contribution in [3.05, 3.63) is 29.3 Å². The number of rotatable bonds is 6. The van der Waals surface area contributed by atoms with E-state index in [1.54, 1.807) is 31.2 Å². The largest absolute Gasteiger partial charge is 0.480 e. The molecule has 0 aliphatic rings. The zero-order chi connectivity index (χ0) is 15.7. The normalized spacial score (nSPS) is 9.62. The standard InChI is InChI=1S/C13H14ClNO6/c1-2-19-13(18)15-11(16)7-21-12(17)8-20-10-6-4-3-5-9(10)14/h3-6H,2,7-8H2,1H3,(H,15,16,18). The highest BCUT2D eigenvalue weighted by Crippen LogP contribution is 2.22. The molecule has 1 rings (SSSR count). The van der Waals surface area contributed by atoms with Crippen molar-refractivity contribution in [2.45, 2.75) is 6.92 Å². The van der Waals surface area contributed by atoms with Crippen molar-refractivity contribution in [3.8, 4) is 5.75 Å². The molecule has 0 aliphatic heterocycles. The van der Waals surface area contributed by atoms with Gasteiger partial charge in [-0.15, -0.1) is 0 Å². The summed E-state index contributed by atoms with van der Waals surface area (Å²) in [5.41, 5.74) is 0. The molecule has 0 heterocycles. The molecule has 1 N–H and O–H groups in total. The second kappa shape index (κ2) is 8.80. The highest BCUT2D eigenvalue weighted by molar-refractivity contribution is 6.32. The molecule has 0 aliphatic carbocycles. The smallest absolute Gasteiger partial charge is 0.413 e. The van der Waals surface area contributed by atoms with Crippen LogP contribution in [0.3, 0.4) is 0 Å². The number of hydrogen-bond acceptors (Lipinski definition) is 6. The zero-order valence-electron chi connectivity index (χ0n) is 11.3. The number of benzene rings is 1. The van der Waals surface area contributed by atoms with Crippen LogP contribution in [0.5, 0.6) is 5.75 Å². The molecule has 0 saturated heterocycles. The van der Waals surface area contributed by atoms with Gasteiger partial charge in [-0.1, -0.05) is 23.7 Å². The summed E-state index contributed by atoms with van der Waals surface area (Å²) in [4.78, 5) is 33.5. The van der Waals surface area contributed by atoms with E-state index in [1.807, 2.05) is 5.32 Å². The third kappa shape index (κ3) is 6.62. The van der Waals surface area contributed by atoms with Gasteiger partial charge in [0, 0.05) is 0 Å². The Morgan fingerprint density at radius 3 is 2.52 bits per heavy atom. The molecule has 0 unspecified atom stereocenters. The maximum Gasteiger partial charge on any atom is 0.413 e. The molecular formula is C13H14ClNO6. The fraction of sp³-hybridized carbons (Fsp3) is 0.308. The Labute approximate surface area is 126 Å². The molecule has 114 valence electrons. The van der Waals surface area contributed by atoms with Crippen LogP contribution in [-0.2, 0) is 19.1 Å². The summed E-state index contributed by atoms with van der Waals surface area (Å²) in [5.74, 6) is -1.24. The van der Waals surface area contributed by atoms with Crippen molar-refractivity contribution < 1.29 is 28.6 Å². The Balaban J connectivity index is 2.27. The number of ether oxygens (including phenoxy) is 3. The zero-order valence-corrected chi connectivity index (χ0v) is 12.0. The summed E-state index contributed by atoms with van der Waals surface area (Å²) in [6.07, 6.45) is -0.897. The van der Waals surface area contributed by atoms with Gasteiger partial charge in [0.1, 0.15) is 5.75 Å². The third-order valence-corrected chi connectivity index (χ3v) is 2.38. The maximum atomic E-state index is 11.4. The average molecular weight is 316 g/mol. The lowest BCUT2D eigenvalue weighted by molar-refractivity contribution is -0.150. The van der Waals surface area contributed by atoms with Crippen LogP contribution < -0.4 is 10.1 Å². The Morgan fingerprint density at radius 2 is 1.86 bits per heavy atom. The molecule has 8 heteroatoms. The first kappa shape index (κ1) is 16.8. The maximum absolute atomic E-state index is 11.4. The fourth-order valence-corrected chi connectivity index (χ4v) is 1.39. The number of carbonyl (C=O) groups is 3. The average Bonchev–Trinajstić information content (AvgIpc) is 2.44. The van der Waals surface area contributed by atoms with Crippen LogP contribution in [0.2, 0.25) is 5.02 Å². The summed E-state index contributed by atoms with van der Waals surface area (Å²) in [6.45, 7) is 0.709. The van der Waals surface area contributed by atoms with E-state index in [2.05, 4.69) is 9.47 Å². The number of imide groups is 1. The Morgan fingerprint density at radius 1 is 1.14 bits per heavy atom. The van der Waals surface area contributed by atoms with Gasteiger partial charge in [-0.25, -0.2) is 9.59 Å². The molecule has 0 atom stereocenters. The Hall–Kier alpha value is -2.28. The molecule has 0 aromatic heterocycles. The number of nitrogens with one attached hydrogen (secondary N) is 1. The summed E-state index contributed by atoms with van der Waals surface area (Å²) in [7, 11) is 0. The lowest BCUT2D eigenvalue weighted by Gasteiger charge is -2.08. The van der Waals surface area contributed by atoms with Crippen LogP contribution in [0.25, 0.3) is 0 Å². The third-order valence-electron chi connectivity index (χ3n) is 2.06. The van der Waals surface area contributed by atoms with Gasteiger partial charge in [0.25, 0.3) is 5.91 Å². The molecule has 1 aromatic rings. The van der Waals surface area contributed by atoms with Gasteiger partial charge in [0.2, 0.25) is 0 Å². The molecule has 7 nitrogen and oxygen atoms in total. The van der Waals surface area contributed by atoms with Crippen LogP contribution in [0.4, 0.5) is 4.79 Å². The number of esters is 1. The first-order valence-electron chi connectivity index (χ1n) is 6.02. The summed E-state index contributed by atoms with van der Waals surface area (Å²) >= 11 is 5.83. The number of alkyl carbamates (subject to hydrolysis) is 1. The van der Waals surface area contributed by atoms with Crippen LogP contribution in [-0.4, -0.2) is 37.8 Å². The van der Waals surface area contributed by atoms with Crippen LogP contribution in [0, 0.1) is 0 Å². The minimum Gasteiger partial charge on any atom is -0.480 e. The topological polar surface area (TPSA) is 90.9 Å². The minimum absolute atomic E-state index is 0.130. The van der Waals surface area contributed by atoms with Gasteiger partial charge in [-0.2, -0.15) is 0 Å². The Kier molecular flexibility index (Phi) is 7.03. The molecule has 0 spiro atoms. The van der Waals surface area contributed by atoms with Crippen LogP contribution in [0.15, 0.2) is 24.3 Å². The first-order chi connectivity index (χ1) is 10.0. The quantitative estimate of drug-likeness (QED) is 0.801. The molecule has 0 fully saturated rings. The van der Waals surface area contributed by atoms with Crippen molar-refractivity contribution in [1.29, 1.82) is 0 Å². The second-order valence-electron chi connectivity index (χ2n) is 3.65. The predicted octanol–water partition coefficient (Wildman–Crippen LogP) is 1.53. The highest BCUT2D eigenvalue weighted by atomic mass is 35.5. The van der Waals surface area contributed by atoms with Crippen LogP contribution >= 0.6 is 11.6 Å². The van der Waals surface area contributed by atoms with E-state index in [9.17, 15) is 14.4 Å². The van der Waals surface area contributed by atoms with Crippen molar-refractivity contribution in [1.82, 2.24) is 5.32 Å². The SMILES string of the molecule is CCOC(=O)NC(=O)COC(=O)COc1ccccc1Cl. The lowest BCUT2D eigenvalue weighted by Crippen LogP contribution is -2.35. The molecule has 2 amide bonds. The summed E-state index contributed by atoms with van der Waals surface area (Å²) in [5, 5.41) is 2.23. The molecule has 1 aromatic carbocycles. The van der Waals surface area contributed by atoms with E-state index in [-0.39, 0.29) is 6.61 Å². The van der Waals surface area contributed by atoms with Crippen molar-refractivity contribution in [2.24, 2.45) is 0 Å². The summed E-state index contributed by atoms with van der Waals surface area (Å²) in [6, 6.07) is 6.60. The van der Waals surface area contributed by atoms with Crippen molar-refractivity contribution >= 4 is 29.6 Å². The molecule has 0 saturated carbocycles. The number of hydrogen-bond donors (Lipinski definition) is 1. The number of carbonyl (C=O) groups excluding carboxylic acids is 3. The molecule has 0 radical (unpaired) electrons. The summed E-state index contributed by atoms with van der Waals surface area (Å²) < 4.78 is 14.2. The van der Waals surface area contributed by atoms with E-state index in [0.29, 0.717) is 10.8 Å². The number of amides is 2. The van der Waals surface area contributed by atoms with E-state index in [4.69, 9.17) is 16.3 Å². The molecule has 21 heavy (non-hydrogen) atoms. The molecule has 0 bridgehead atoms. The first-order valence-corrected chi connectivity index (χ1v) is 6.40. The van der Waals surface area contributed by atoms with Gasteiger partial charge in [-0.05, 0) is 19.1 Å². The van der Waals surface area contributed by atoms with Gasteiger partial charge in [0.05, 0.1) is 11.6 Å². The van der Waals surface area contributed by atoms with Gasteiger partial charge >= 0.3 is 12.1 Å². The minimum atomic E-state index is -0.897. The fourth-order valence-electron chi connectivity index (χ4n) is 1.20. The van der Waals surface area contributed by atoms with Crippen molar-refractivity contribution in [2.75, 3.05) is 19.8 Å². The lowest BCUT2D eigenvalue weighted by atomic mass is 10.3. The van der Waals surface area contributed by atoms with Crippen molar-refractivity contribution in [3.63, 3.8) is 0 Å². The van der Waals surface area contributed by atoms with E-state index in [1.165, 1.54) is 0 Å². The highest BCUT2D eigenvalue weighted by Gasteiger charge is 2.12. The number of para-hydroxylation sites is 1. The second-order valence-corrected chi connectivity index (χ2v) is 4.06. The monoisotopic (exact) mass is 315 g/mol. The Bertz CT molecular complexity index is 519.